The molecular weight excluding hydrogens is 226 g/mol. The van der Waals surface area contributed by atoms with Gasteiger partial charge in [-0.25, -0.2) is 0 Å². The van der Waals surface area contributed by atoms with Gasteiger partial charge in [0.1, 0.15) is 11.6 Å². The number of aromatic nitrogens is 2. The minimum atomic E-state index is 0.135. The quantitative estimate of drug-likeness (QED) is 0.896. The maximum Gasteiger partial charge on any atom is 0.148 e. The first-order valence-corrected chi connectivity index (χ1v) is 5.98. The molecule has 0 atom stereocenters. The Kier molecular flexibility index (Phi) is 3.77. The summed E-state index contributed by atoms with van der Waals surface area (Å²) >= 11 is 0. The third-order valence-electron chi connectivity index (χ3n) is 2.45. The summed E-state index contributed by atoms with van der Waals surface area (Å²) in [6, 6.07) is 11.7. The molecule has 1 aromatic heterocycles. The summed E-state index contributed by atoms with van der Waals surface area (Å²) in [6.07, 6.45) is 0.135. The Hall–Kier alpha value is -2.10. The molecule has 18 heavy (non-hydrogen) atoms. The first kappa shape index (κ1) is 12.4. The van der Waals surface area contributed by atoms with Gasteiger partial charge in [0.05, 0.1) is 11.8 Å². The predicted octanol–water partition coefficient (Wildman–Crippen LogP) is 2.97. The zero-order valence-corrected chi connectivity index (χ0v) is 10.8. The Morgan fingerprint density at radius 2 is 1.83 bits per heavy atom. The van der Waals surface area contributed by atoms with Gasteiger partial charge in [0, 0.05) is 12.6 Å². The normalized spacial score (nSPS) is 10.4. The third-order valence-corrected chi connectivity index (χ3v) is 2.45. The predicted molar refractivity (Wildman–Crippen MR) is 72.8 cm³/mol. The monoisotopic (exact) mass is 243 g/mol. The van der Waals surface area contributed by atoms with E-state index in [1.165, 1.54) is 0 Å². The van der Waals surface area contributed by atoms with Crippen molar-refractivity contribution >= 4 is 5.82 Å². The van der Waals surface area contributed by atoms with Gasteiger partial charge in [-0.15, -0.1) is 10.2 Å². The standard InChI is InChI=1S/C14H17N3O/c1-10(2)18-13-7-5-4-6-11(13)12-8-9-14(15-3)17-16-12/h4-10H,1-3H3,(H,15,17). The molecule has 2 aromatic rings. The molecule has 0 fully saturated rings. The van der Waals surface area contributed by atoms with Gasteiger partial charge in [-0.1, -0.05) is 12.1 Å². The average Bonchev–Trinajstić information content (AvgIpc) is 2.39. The highest BCUT2D eigenvalue weighted by Gasteiger charge is 2.08. The van der Waals surface area contributed by atoms with Crippen LogP contribution in [0.4, 0.5) is 5.82 Å². The Labute approximate surface area is 107 Å². The van der Waals surface area contributed by atoms with Crippen LogP contribution in [-0.4, -0.2) is 23.3 Å². The van der Waals surface area contributed by atoms with Gasteiger partial charge in [-0.2, -0.15) is 0 Å². The lowest BCUT2D eigenvalue weighted by Gasteiger charge is -2.13. The van der Waals surface area contributed by atoms with Crippen LogP contribution in [-0.2, 0) is 0 Å². The number of nitrogens with one attached hydrogen (secondary N) is 1. The van der Waals surface area contributed by atoms with Crippen molar-refractivity contribution in [2.24, 2.45) is 0 Å². The van der Waals surface area contributed by atoms with E-state index in [1.807, 2.05) is 57.3 Å². The van der Waals surface area contributed by atoms with Gasteiger partial charge >= 0.3 is 0 Å². The fourth-order valence-electron chi connectivity index (χ4n) is 1.64. The summed E-state index contributed by atoms with van der Waals surface area (Å²) in [6.45, 7) is 4.01. The summed E-state index contributed by atoms with van der Waals surface area (Å²) in [5.41, 5.74) is 1.77. The molecule has 0 radical (unpaired) electrons. The van der Waals surface area contributed by atoms with E-state index in [0.29, 0.717) is 0 Å². The first-order valence-electron chi connectivity index (χ1n) is 5.98. The van der Waals surface area contributed by atoms with E-state index >= 15 is 0 Å². The van der Waals surface area contributed by atoms with Crippen LogP contribution >= 0.6 is 0 Å². The van der Waals surface area contributed by atoms with E-state index in [4.69, 9.17) is 4.74 Å². The fourth-order valence-corrected chi connectivity index (χ4v) is 1.64. The van der Waals surface area contributed by atoms with Gasteiger partial charge in [-0.05, 0) is 38.1 Å². The molecule has 0 spiro atoms. The molecule has 2 rings (SSSR count). The smallest absolute Gasteiger partial charge is 0.148 e. The number of hydrogen-bond acceptors (Lipinski definition) is 4. The number of benzene rings is 1. The van der Waals surface area contributed by atoms with Crippen LogP contribution < -0.4 is 10.1 Å². The molecule has 0 amide bonds. The Balaban J connectivity index is 2.36. The van der Waals surface area contributed by atoms with E-state index in [1.54, 1.807) is 0 Å². The number of rotatable bonds is 4. The maximum absolute atomic E-state index is 5.77. The summed E-state index contributed by atoms with van der Waals surface area (Å²) in [5, 5.41) is 11.2. The number of anilines is 1. The topological polar surface area (TPSA) is 47.0 Å². The molecule has 1 aromatic carbocycles. The third kappa shape index (κ3) is 2.77. The molecule has 4 nitrogen and oxygen atoms in total. The molecule has 1 N–H and O–H groups in total. The highest BCUT2D eigenvalue weighted by Crippen LogP contribution is 2.28. The largest absolute Gasteiger partial charge is 0.490 e. The number of nitrogens with zero attached hydrogens (tertiary/aromatic N) is 2. The van der Waals surface area contributed by atoms with Crippen molar-refractivity contribution in [3.05, 3.63) is 36.4 Å². The minimum absolute atomic E-state index is 0.135. The summed E-state index contributed by atoms with van der Waals surface area (Å²) in [4.78, 5) is 0. The van der Waals surface area contributed by atoms with Crippen LogP contribution in [0.2, 0.25) is 0 Å². The lowest BCUT2D eigenvalue weighted by molar-refractivity contribution is 0.243. The van der Waals surface area contributed by atoms with E-state index in [9.17, 15) is 0 Å². The highest BCUT2D eigenvalue weighted by molar-refractivity contribution is 5.67. The van der Waals surface area contributed by atoms with Crippen LogP contribution in [0.3, 0.4) is 0 Å². The number of para-hydroxylation sites is 1. The molecule has 0 unspecified atom stereocenters. The van der Waals surface area contributed by atoms with Crippen molar-refractivity contribution in [3.8, 4) is 17.0 Å². The van der Waals surface area contributed by atoms with Crippen molar-refractivity contribution in [3.63, 3.8) is 0 Å². The van der Waals surface area contributed by atoms with Crippen molar-refractivity contribution in [2.75, 3.05) is 12.4 Å². The fraction of sp³-hybridized carbons (Fsp3) is 0.286. The van der Waals surface area contributed by atoms with Crippen molar-refractivity contribution in [2.45, 2.75) is 20.0 Å². The molecule has 0 aliphatic carbocycles. The van der Waals surface area contributed by atoms with Gasteiger partial charge in [-0.3, -0.25) is 0 Å². The SMILES string of the molecule is CNc1ccc(-c2ccccc2OC(C)C)nn1. The molecule has 0 bridgehead atoms. The molecule has 4 heteroatoms. The van der Waals surface area contributed by atoms with Crippen LogP contribution in [0.5, 0.6) is 5.75 Å². The molecular formula is C14H17N3O. The van der Waals surface area contributed by atoms with Crippen molar-refractivity contribution < 1.29 is 4.74 Å². The first-order chi connectivity index (χ1) is 8.70. The second-order valence-corrected chi connectivity index (χ2v) is 4.22. The van der Waals surface area contributed by atoms with Crippen LogP contribution in [0, 0.1) is 0 Å². The summed E-state index contributed by atoms with van der Waals surface area (Å²) in [7, 11) is 1.82. The zero-order chi connectivity index (χ0) is 13.0. The van der Waals surface area contributed by atoms with E-state index in [0.717, 1.165) is 22.8 Å². The van der Waals surface area contributed by atoms with E-state index in [2.05, 4.69) is 15.5 Å². The van der Waals surface area contributed by atoms with Crippen molar-refractivity contribution in [1.29, 1.82) is 0 Å². The molecule has 0 aliphatic rings. The summed E-state index contributed by atoms with van der Waals surface area (Å²) < 4.78 is 5.77. The van der Waals surface area contributed by atoms with Crippen molar-refractivity contribution in [1.82, 2.24) is 10.2 Å². The number of ether oxygens (including phenoxy) is 1. The van der Waals surface area contributed by atoms with Gasteiger partial charge in [0.25, 0.3) is 0 Å². The summed E-state index contributed by atoms with van der Waals surface area (Å²) in [5.74, 6) is 1.58. The molecule has 0 saturated heterocycles. The van der Waals surface area contributed by atoms with Crippen LogP contribution in [0.1, 0.15) is 13.8 Å². The second kappa shape index (κ2) is 5.49. The van der Waals surface area contributed by atoms with E-state index < -0.39 is 0 Å². The average molecular weight is 243 g/mol. The Morgan fingerprint density at radius 1 is 1.06 bits per heavy atom. The molecule has 94 valence electrons. The lowest BCUT2D eigenvalue weighted by atomic mass is 10.1. The molecule has 1 heterocycles. The molecule has 0 saturated carbocycles. The highest BCUT2D eigenvalue weighted by atomic mass is 16.5. The minimum Gasteiger partial charge on any atom is -0.490 e. The van der Waals surface area contributed by atoms with Crippen LogP contribution in [0.25, 0.3) is 11.3 Å². The second-order valence-electron chi connectivity index (χ2n) is 4.22. The van der Waals surface area contributed by atoms with Gasteiger partial charge < -0.3 is 10.1 Å². The maximum atomic E-state index is 5.77. The zero-order valence-electron chi connectivity index (χ0n) is 10.8. The van der Waals surface area contributed by atoms with Crippen LogP contribution in [0.15, 0.2) is 36.4 Å². The van der Waals surface area contributed by atoms with Gasteiger partial charge in [0.15, 0.2) is 0 Å². The molecule has 0 aliphatic heterocycles. The van der Waals surface area contributed by atoms with E-state index in [-0.39, 0.29) is 6.10 Å². The Bertz CT molecular complexity index is 509. The van der Waals surface area contributed by atoms with Gasteiger partial charge in [0.2, 0.25) is 0 Å². The lowest BCUT2D eigenvalue weighted by Crippen LogP contribution is -2.06. The Morgan fingerprint density at radius 3 is 2.44 bits per heavy atom. The number of hydrogen-bond donors (Lipinski definition) is 1.